The standard InChI is InChI=1S/C32H51NO4/c1-8-9-10-11-16-30(2,3)22-19-26(36-29(35)31(4,5)17-12-13-18-33)28-24-21-23(34)14-15-25(24)32(6,7)37-27(28)20-22/h19-20,24-25H,8-18,21,33H2,1-7H3/t24-,25-/m1/s1. The lowest BCUT2D eigenvalue weighted by Crippen LogP contribution is -2.47. The molecule has 0 unspecified atom stereocenters. The summed E-state index contributed by atoms with van der Waals surface area (Å²) in [4.78, 5) is 26.1. The van der Waals surface area contributed by atoms with Gasteiger partial charge in [-0.15, -0.1) is 0 Å². The van der Waals surface area contributed by atoms with Gasteiger partial charge in [-0.3, -0.25) is 9.59 Å². The normalized spacial score (nSPS) is 21.1. The molecule has 5 heteroatoms. The summed E-state index contributed by atoms with van der Waals surface area (Å²) in [5, 5.41) is 0. The summed E-state index contributed by atoms with van der Waals surface area (Å²) in [6, 6.07) is 4.24. The third-order valence-corrected chi connectivity index (χ3v) is 8.86. The molecule has 2 N–H and O–H groups in total. The third kappa shape index (κ3) is 6.96. The van der Waals surface area contributed by atoms with Gasteiger partial charge in [0.25, 0.3) is 0 Å². The molecule has 0 radical (unpaired) electrons. The van der Waals surface area contributed by atoms with Gasteiger partial charge in [0.1, 0.15) is 22.9 Å². The molecule has 0 saturated heterocycles. The van der Waals surface area contributed by atoms with Gasteiger partial charge in [-0.1, -0.05) is 52.9 Å². The second-order valence-corrected chi connectivity index (χ2v) is 13.3. The molecule has 208 valence electrons. The molecule has 5 nitrogen and oxygen atoms in total. The number of ketones is 1. The summed E-state index contributed by atoms with van der Waals surface area (Å²) < 4.78 is 13.0. The van der Waals surface area contributed by atoms with E-state index < -0.39 is 5.41 Å². The van der Waals surface area contributed by atoms with Crippen LogP contribution in [0.1, 0.15) is 136 Å². The molecule has 3 rings (SSSR count). The molecule has 2 aliphatic rings. The second-order valence-electron chi connectivity index (χ2n) is 13.3. The molecule has 1 heterocycles. The zero-order valence-electron chi connectivity index (χ0n) is 24.5. The molecule has 1 aliphatic heterocycles. The minimum atomic E-state index is -0.621. The average molecular weight is 514 g/mol. The number of nitrogens with two attached hydrogens (primary N) is 1. The van der Waals surface area contributed by atoms with Crippen molar-refractivity contribution < 1.29 is 19.1 Å². The number of benzene rings is 1. The van der Waals surface area contributed by atoms with Crippen LogP contribution < -0.4 is 15.2 Å². The molecule has 0 bridgehead atoms. The number of carbonyl (C=O) groups excluding carboxylic acids is 2. The van der Waals surface area contributed by atoms with Gasteiger partial charge < -0.3 is 15.2 Å². The number of esters is 1. The zero-order valence-corrected chi connectivity index (χ0v) is 24.5. The number of hydrogen-bond donors (Lipinski definition) is 1. The highest BCUT2D eigenvalue weighted by Crippen LogP contribution is 2.55. The van der Waals surface area contributed by atoms with Crippen molar-refractivity contribution in [2.45, 2.75) is 136 Å². The van der Waals surface area contributed by atoms with E-state index in [0.29, 0.717) is 25.1 Å². The second kappa shape index (κ2) is 11.9. The van der Waals surface area contributed by atoms with Crippen LogP contribution in [0.25, 0.3) is 0 Å². The number of hydrogen-bond acceptors (Lipinski definition) is 5. The minimum Gasteiger partial charge on any atom is -0.487 e. The van der Waals surface area contributed by atoms with Gasteiger partial charge >= 0.3 is 5.97 Å². The molecule has 1 aromatic rings. The Kier molecular flexibility index (Phi) is 9.53. The van der Waals surface area contributed by atoms with Crippen LogP contribution in [0.4, 0.5) is 0 Å². The Morgan fingerprint density at radius 3 is 2.46 bits per heavy atom. The van der Waals surface area contributed by atoms with Crippen LogP contribution in [0.2, 0.25) is 0 Å². The largest absolute Gasteiger partial charge is 0.487 e. The number of fused-ring (bicyclic) bond motifs is 3. The van der Waals surface area contributed by atoms with Gasteiger partial charge in [0, 0.05) is 30.2 Å². The van der Waals surface area contributed by atoms with E-state index in [1.54, 1.807) is 0 Å². The fourth-order valence-corrected chi connectivity index (χ4v) is 6.22. The van der Waals surface area contributed by atoms with E-state index in [1.807, 2.05) is 13.8 Å². The third-order valence-electron chi connectivity index (χ3n) is 8.86. The van der Waals surface area contributed by atoms with E-state index in [4.69, 9.17) is 15.2 Å². The van der Waals surface area contributed by atoms with Gasteiger partial charge in [0.15, 0.2) is 0 Å². The Morgan fingerprint density at radius 1 is 1.08 bits per heavy atom. The first-order valence-corrected chi connectivity index (χ1v) is 14.6. The number of ether oxygens (including phenoxy) is 2. The van der Waals surface area contributed by atoms with Crippen LogP contribution in [0.5, 0.6) is 11.5 Å². The Labute approximate surface area is 225 Å². The lowest BCUT2D eigenvalue weighted by molar-refractivity contribution is -0.144. The smallest absolute Gasteiger partial charge is 0.316 e. The molecule has 37 heavy (non-hydrogen) atoms. The predicted molar refractivity (Wildman–Crippen MR) is 150 cm³/mol. The maximum Gasteiger partial charge on any atom is 0.316 e. The molecule has 2 atom stereocenters. The van der Waals surface area contributed by atoms with Crippen molar-refractivity contribution in [1.82, 2.24) is 0 Å². The summed E-state index contributed by atoms with van der Waals surface area (Å²) in [6.07, 6.45) is 10.3. The maximum absolute atomic E-state index is 13.5. The molecule has 1 aliphatic carbocycles. The van der Waals surface area contributed by atoms with Crippen molar-refractivity contribution in [1.29, 1.82) is 0 Å². The summed E-state index contributed by atoms with van der Waals surface area (Å²) in [7, 11) is 0. The quantitative estimate of drug-likeness (QED) is 0.177. The Hall–Kier alpha value is -1.88. The maximum atomic E-state index is 13.5. The number of carbonyl (C=O) groups is 2. The predicted octanol–water partition coefficient (Wildman–Crippen LogP) is 7.62. The van der Waals surface area contributed by atoms with E-state index in [9.17, 15) is 9.59 Å². The Bertz CT molecular complexity index is 962. The van der Waals surface area contributed by atoms with Crippen LogP contribution in [0, 0.1) is 11.3 Å². The first-order valence-electron chi connectivity index (χ1n) is 14.6. The van der Waals surface area contributed by atoms with Crippen LogP contribution in [0.15, 0.2) is 12.1 Å². The summed E-state index contributed by atoms with van der Waals surface area (Å²) in [5.41, 5.74) is 6.62. The highest BCUT2D eigenvalue weighted by atomic mass is 16.5. The van der Waals surface area contributed by atoms with E-state index in [0.717, 1.165) is 55.4 Å². The van der Waals surface area contributed by atoms with Crippen LogP contribution >= 0.6 is 0 Å². The topological polar surface area (TPSA) is 78.6 Å². The lowest BCUT2D eigenvalue weighted by atomic mass is 9.66. The Morgan fingerprint density at radius 2 is 1.78 bits per heavy atom. The number of Topliss-reactive ketones (excluding diaryl/α,β-unsaturated/α-hetero) is 1. The minimum absolute atomic E-state index is 0.00451. The summed E-state index contributed by atoms with van der Waals surface area (Å²) >= 11 is 0. The first-order chi connectivity index (χ1) is 17.3. The van der Waals surface area contributed by atoms with Gasteiger partial charge in [0.2, 0.25) is 0 Å². The van der Waals surface area contributed by atoms with E-state index in [1.165, 1.54) is 19.3 Å². The average Bonchev–Trinajstić information content (AvgIpc) is 2.81. The van der Waals surface area contributed by atoms with E-state index in [-0.39, 0.29) is 34.6 Å². The van der Waals surface area contributed by atoms with Crippen LogP contribution in [0.3, 0.4) is 0 Å². The molecule has 0 spiro atoms. The summed E-state index contributed by atoms with van der Waals surface area (Å²) in [6.45, 7) is 15.6. The molecule has 1 saturated carbocycles. The zero-order chi connectivity index (χ0) is 27.4. The molecule has 0 aromatic heterocycles. The molecule has 1 aromatic carbocycles. The fraction of sp³-hybridized carbons (Fsp3) is 0.750. The van der Waals surface area contributed by atoms with Gasteiger partial charge in [0.05, 0.1) is 5.41 Å². The highest BCUT2D eigenvalue weighted by molar-refractivity contribution is 5.82. The van der Waals surface area contributed by atoms with Crippen LogP contribution in [-0.2, 0) is 15.0 Å². The highest BCUT2D eigenvalue weighted by Gasteiger charge is 2.48. The van der Waals surface area contributed by atoms with Crippen LogP contribution in [-0.4, -0.2) is 23.9 Å². The SMILES string of the molecule is CCCCCCC(C)(C)c1cc(OC(=O)C(C)(C)CCCCN)c2c(c1)OC(C)(C)[C@@H]1CCC(=O)C[C@@H]21. The van der Waals surface area contributed by atoms with Gasteiger partial charge in [-0.25, -0.2) is 0 Å². The number of unbranched alkanes of at least 4 members (excludes halogenated alkanes) is 4. The van der Waals surface area contributed by atoms with E-state index in [2.05, 4.69) is 46.8 Å². The van der Waals surface area contributed by atoms with Crippen molar-refractivity contribution >= 4 is 11.8 Å². The molecule has 1 fully saturated rings. The van der Waals surface area contributed by atoms with Crippen molar-refractivity contribution in [2.24, 2.45) is 17.1 Å². The Balaban J connectivity index is 2.03. The molecule has 0 amide bonds. The molecular formula is C32H51NO4. The fourth-order valence-electron chi connectivity index (χ4n) is 6.22. The van der Waals surface area contributed by atoms with Gasteiger partial charge in [-0.2, -0.15) is 0 Å². The monoisotopic (exact) mass is 513 g/mol. The van der Waals surface area contributed by atoms with Crippen molar-refractivity contribution in [3.63, 3.8) is 0 Å². The first kappa shape index (κ1) is 29.7. The van der Waals surface area contributed by atoms with Crippen molar-refractivity contribution in [3.8, 4) is 11.5 Å². The molecular weight excluding hydrogens is 462 g/mol. The summed E-state index contributed by atoms with van der Waals surface area (Å²) in [5.74, 6) is 1.64. The van der Waals surface area contributed by atoms with E-state index >= 15 is 0 Å². The lowest BCUT2D eigenvalue weighted by Gasteiger charge is -2.47. The van der Waals surface area contributed by atoms with Gasteiger partial charge in [-0.05, 0) is 83.0 Å². The van der Waals surface area contributed by atoms with Crippen molar-refractivity contribution in [3.05, 3.63) is 23.3 Å². The van der Waals surface area contributed by atoms with Crippen molar-refractivity contribution in [2.75, 3.05) is 6.54 Å². The number of rotatable bonds is 12.